The highest BCUT2D eigenvalue weighted by atomic mass is 28.4. The summed E-state index contributed by atoms with van der Waals surface area (Å²) in [5, 5.41) is 6.01. The normalized spacial score (nSPS) is 20.2. The SMILES string of the molecule is CC(=O)OC[C@H]1O[C@@H](Oc2ccc(C(=O)NCCOCCOCCOCCN=[N+]=[N-])cc2O[Si](C)(C)C(C)(C)C)[C@H](C)[C@@H](OC(C)=O)[C@H]1OC(C)=O. The summed E-state index contributed by atoms with van der Waals surface area (Å²) < 4.78 is 51.8. The average Bonchev–Trinajstić information content (AvgIpc) is 3.05. The zero-order valence-corrected chi connectivity index (χ0v) is 32.6. The summed E-state index contributed by atoms with van der Waals surface area (Å²) in [5.74, 6) is -2.27. The molecular formula is C34H54N4O13Si. The zero-order valence-electron chi connectivity index (χ0n) is 31.6. The second kappa shape index (κ2) is 21.6. The van der Waals surface area contributed by atoms with Crippen LogP contribution in [0.25, 0.3) is 10.4 Å². The summed E-state index contributed by atoms with van der Waals surface area (Å²) in [6, 6.07) is 4.78. The summed E-state index contributed by atoms with van der Waals surface area (Å²) in [6.45, 7) is 18.0. The van der Waals surface area contributed by atoms with Gasteiger partial charge in [0.2, 0.25) is 6.29 Å². The van der Waals surface area contributed by atoms with Crippen LogP contribution in [0.15, 0.2) is 23.3 Å². The van der Waals surface area contributed by atoms with Gasteiger partial charge in [-0.1, -0.05) is 32.8 Å². The summed E-state index contributed by atoms with van der Waals surface area (Å²) in [7, 11) is -2.48. The molecule has 0 saturated carbocycles. The van der Waals surface area contributed by atoms with E-state index in [1.807, 2.05) is 0 Å². The van der Waals surface area contributed by atoms with Gasteiger partial charge in [-0.15, -0.1) is 0 Å². The fourth-order valence-corrected chi connectivity index (χ4v) is 5.63. The molecule has 292 valence electrons. The van der Waals surface area contributed by atoms with Crippen LogP contribution in [0.4, 0.5) is 0 Å². The molecule has 1 heterocycles. The van der Waals surface area contributed by atoms with Gasteiger partial charge in [-0.05, 0) is 41.9 Å². The standard InChI is InChI=1S/C34H54N4O13Si/c1-22-30(47-24(3)40)31(48-25(4)41)29(21-46-23(2)39)50-33(22)49-27-11-10-26(20-28(27)51-52(8,9)34(5,6)7)32(42)36-12-14-43-16-18-45-19-17-44-15-13-37-38-35/h10-11,20,22,29-31,33H,12-19,21H2,1-9H3,(H,36,42)/t22-,29-,30-,31+,33-/m1/s1. The van der Waals surface area contributed by atoms with E-state index in [0.29, 0.717) is 44.3 Å². The lowest BCUT2D eigenvalue weighted by Crippen LogP contribution is -2.59. The quantitative estimate of drug-likeness (QED) is 0.0353. The van der Waals surface area contributed by atoms with Crippen molar-refractivity contribution in [3.63, 3.8) is 0 Å². The van der Waals surface area contributed by atoms with Crippen LogP contribution < -0.4 is 14.5 Å². The van der Waals surface area contributed by atoms with Crippen LogP contribution in [0.3, 0.4) is 0 Å². The molecule has 1 aliphatic heterocycles. The Bertz CT molecular complexity index is 1380. The molecule has 1 fully saturated rings. The first-order valence-corrected chi connectivity index (χ1v) is 20.0. The number of carbonyl (C=O) groups excluding carboxylic acids is 4. The number of hydrogen-bond acceptors (Lipinski definition) is 14. The number of amides is 1. The third kappa shape index (κ3) is 15.0. The Balaban J connectivity index is 2.18. The Morgan fingerprint density at radius 2 is 1.48 bits per heavy atom. The minimum absolute atomic E-state index is 0.203. The van der Waals surface area contributed by atoms with Gasteiger partial charge in [0.05, 0.1) is 45.6 Å². The highest BCUT2D eigenvalue weighted by molar-refractivity contribution is 6.74. The van der Waals surface area contributed by atoms with E-state index in [1.54, 1.807) is 25.1 Å². The van der Waals surface area contributed by atoms with Crippen LogP contribution in [0.1, 0.15) is 58.8 Å². The van der Waals surface area contributed by atoms with E-state index < -0.39 is 56.7 Å². The topological polar surface area (TPSA) is 212 Å². The van der Waals surface area contributed by atoms with E-state index in [2.05, 4.69) is 49.2 Å². The van der Waals surface area contributed by atoms with Crippen molar-refractivity contribution in [2.45, 2.75) is 91.2 Å². The minimum atomic E-state index is -2.48. The second-order valence-electron chi connectivity index (χ2n) is 13.5. The molecule has 0 aliphatic carbocycles. The molecule has 0 unspecified atom stereocenters. The molecule has 1 aromatic carbocycles. The maximum atomic E-state index is 13.2. The van der Waals surface area contributed by atoms with Crippen LogP contribution in [0, 0.1) is 5.92 Å². The van der Waals surface area contributed by atoms with E-state index >= 15 is 0 Å². The van der Waals surface area contributed by atoms with E-state index in [1.165, 1.54) is 20.8 Å². The maximum absolute atomic E-state index is 13.2. The van der Waals surface area contributed by atoms with Gasteiger partial charge in [-0.3, -0.25) is 19.2 Å². The predicted octanol–water partition coefficient (Wildman–Crippen LogP) is 4.33. The van der Waals surface area contributed by atoms with Crippen molar-refractivity contribution < 1.29 is 61.5 Å². The largest absolute Gasteiger partial charge is 0.541 e. The number of ether oxygens (including phenoxy) is 8. The molecule has 17 nitrogen and oxygen atoms in total. The van der Waals surface area contributed by atoms with Gasteiger partial charge in [-0.25, -0.2) is 0 Å². The van der Waals surface area contributed by atoms with E-state index in [4.69, 9.17) is 47.9 Å². The van der Waals surface area contributed by atoms with Gasteiger partial charge in [0.1, 0.15) is 24.6 Å². The van der Waals surface area contributed by atoms with Crippen LogP contribution in [0.5, 0.6) is 11.5 Å². The molecule has 52 heavy (non-hydrogen) atoms. The fourth-order valence-electron chi connectivity index (χ4n) is 4.62. The molecule has 5 atom stereocenters. The molecule has 1 aromatic rings. The maximum Gasteiger partial charge on any atom is 0.303 e. The Hall–Kier alpha value is -3.93. The molecule has 0 aromatic heterocycles. The first-order valence-electron chi connectivity index (χ1n) is 17.1. The van der Waals surface area contributed by atoms with Crippen molar-refractivity contribution in [1.29, 1.82) is 0 Å². The van der Waals surface area contributed by atoms with Crippen molar-refractivity contribution in [2.24, 2.45) is 11.0 Å². The first kappa shape index (κ1) is 44.2. The van der Waals surface area contributed by atoms with Crippen molar-refractivity contribution in [2.75, 3.05) is 59.3 Å². The second-order valence-corrected chi connectivity index (χ2v) is 18.3. The Labute approximate surface area is 305 Å². The average molecular weight is 755 g/mol. The van der Waals surface area contributed by atoms with Crippen molar-refractivity contribution in [3.05, 3.63) is 34.2 Å². The van der Waals surface area contributed by atoms with Crippen molar-refractivity contribution in [1.82, 2.24) is 5.32 Å². The Morgan fingerprint density at radius 1 is 0.885 bits per heavy atom. The van der Waals surface area contributed by atoms with E-state index in [9.17, 15) is 19.2 Å². The first-order chi connectivity index (χ1) is 24.5. The number of azide groups is 1. The summed E-state index contributed by atoms with van der Waals surface area (Å²) in [6.07, 6.45) is -4.18. The molecular weight excluding hydrogens is 700 g/mol. The van der Waals surface area contributed by atoms with Gasteiger partial charge in [0.25, 0.3) is 14.2 Å². The molecule has 0 spiro atoms. The van der Waals surface area contributed by atoms with E-state index in [0.717, 1.165) is 0 Å². The Morgan fingerprint density at radius 3 is 2.06 bits per heavy atom. The number of nitrogens with zero attached hydrogens (tertiary/aromatic N) is 3. The lowest BCUT2D eigenvalue weighted by Gasteiger charge is -2.44. The highest BCUT2D eigenvalue weighted by Gasteiger charge is 2.50. The minimum Gasteiger partial charge on any atom is -0.541 e. The monoisotopic (exact) mass is 754 g/mol. The molecule has 1 aliphatic rings. The number of rotatable bonds is 21. The lowest BCUT2D eigenvalue weighted by atomic mass is 9.92. The number of carbonyl (C=O) groups is 4. The van der Waals surface area contributed by atoms with Crippen LogP contribution in [-0.2, 0) is 47.5 Å². The van der Waals surface area contributed by atoms with E-state index in [-0.39, 0.29) is 43.0 Å². The zero-order chi connectivity index (χ0) is 38.9. The van der Waals surface area contributed by atoms with Crippen LogP contribution in [0.2, 0.25) is 18.1 Å². The third-order valence-corrected chi connectivity index (χ3v) is 12.6. The number of hydrogen-bond donors (Lipinski definition) is 1. The Kier molecular flexibility index (Phi) is 18.3. The summed E-state index contributed by atoms with van der Waals surface area (Å²) in [4.78, 5) is 51.6. The van der Waals surface area contributed by atoms with Crippen molar-refractivity contribution in [3.8, 4) is 11.5 Å². The van der Waals surface area contributed by atoms with Gasteiger partial charge in [0, 0.05) is 44.3 Å². The molecule has 1 amide bonds. The number of esters is 3. The van der Waals surface area contributed by atoms with Gasteiger partial charge in [0.15, 0.2) is 11.9 Å². The number of nitrogens with one attached hydrogen (secondary N) is 1. The number of benzene rings is 1. The molecule has 0 bridgehead atoms. The molecule has 1 N–H and O–H groups in total. The third-order valence-electron chi connectivity index (χ3n) is 8.30. The molecule has 0 radical (unpaired) electrons. The van der Waals surface area contributed by atoms with Crippen molar-refractivity contribution >= 4 is 32.1 Å². The molecule has 18 heteroatoms. The highest BCUT2D eigenvalue weighted by Crippen LogP contribution is 2.42. The summed E-state index contributed by atoms with van der Waals surface area (Å²) >= 11 is 0. The van der Waals surface area contributed by atoms with Crippen LogP contribution in [-0.4, -0.2) is 116 Å². The van der Waals surface area contributed by atoms with Gasteiger partial charge < -0.3 is 47.6 Å². The lowest BCUT2D eigenvalue weighted by molar-refractivity contribution is -0.267. The summed E-state index contributed by atoms with van der Waals surface area (Å²) in [5.41, 5.74) is 8.56. The molecule has 2 rings (SSSR count). The van der Waals surface area contributed by atoms with Crippen LogP contribution >= 0.6 is 0 Å². The predicted molar refractivity (Wildman–Crippen MR) is 189 cm³/mol. The molecule has 1 saturated heterocycles. The smallest absolute Gasteiger partial charge is 0.303 e. The van der Waals surface area contributed by atoms with Gasteiger partial charge in [-0.2, -0.15) is 0 Å². The van der Waals surface area contributed by atoms with Gasteiger partial charge >= 0.3 is 17.9 Å². The fraction of sp³-hybridized carbons (Fsp3) is 0.706.